The largest absolute Gasteiger partial charge is 0.396 e. The lowest BCUT2D eigenvalue weighted by molar-refractivity contribution is -0.102. The van der Waals surface area contributed by atoms with Crippen molar-refractivity contribution in [2.24, 2.45) is 5.92 Å². The molecular weight excluding hydrogens is 278 g/mol. The first-order chi connectivity index (χ1) is 9.21. The standard InChI is InChI=1S/C11H14F2N2O5/c1-4-2-15(10(20)14-9(4)19)8-7(18)6(17)5(3-16)11(8,12)13/h2,5-8,16-18H,3H2,1H3,(H,14,19,20). The van der Waals surface area contributed by atoms with E-state index in [-0.39, 0.29) is 5.56 Å². The van der Waals surface area contributed by atoms with Crippen molar-refractivity contribution in [1.82, 2.24) is 9.55 Å². The molecule has 1 aromatic heterocycles. The Morgan fingerprint density at radius 2 is 1.95 bits per heavy atom. The van der Waals surface area contributed by atoms with Gasteiger partial charge in [0, 0.05) is 11.8 Å². The van der Waals surface area contributed by atoms with Crippen LogP contribution in [0.3, 0.4) is 0 Å². The molecule has 1 aliphatic rings. The molecule has 2 rings (SSSR count). The number of hydrogen-bond donors (Lipinski definition) is 4. The Labute approximate surface area is 111 Å². The van der Waals surface area contributed by atoms with E-state index in [1.54, 1.807) is 0 Å². The van der Waals surface area contributed by atoms with Crippen LogP contribution in [0.25, 0.3) is 0 Å². The fraction of sp³-hybridized carbons (Fsp3) is 0.636. The van der Waals surface area contributed by atoms with Gasteiger partial charge in [-0.1, -0.05) is 0 Å². The Morgan fingerprint density at radius 3 is 2.45 bits per heavy atom. The second kappa shape index (κ2) is 4.76. The number of alkyl halides is 2. The number of aliphatic hydroxyl groups is 3. The van der Waals surface area contributed by atoms with Crippen molar-refractivity contribution in [3.63, 3.8) is 0 Å². The van der Waals surface area contributed by atoms with Crippen LogP contribution in [-0.2, 0) is 0 Å². The van der Waals surface area contributed by atoms with E-state index < -0.39 is 47.9 Å². The van der Waals surface area contributed by atoms with Crippen molar-refractivity contribution in [1.29, 1.82) is 0 Å². The average Bonchev–Trinajstić information content (AvgIpc) is 2.51. The lowest BCUT2D eigenvalue weighted by Crippen LogP contribution is -2.43. The van der Waals surface area contributed by atoms with Crippen LogP contribution in [0, 0.1) is 12.8 Å². The van der Waals surface area contributed by atoms with Gasteiger partial charge in [0.2, 0.25) is 0 Å². The third kappa shape index (κ3) is 1.98. The van der Waals surface area contributed by atoms with Gasteiger partial charge in [-0.05, 0) is 6.92 Å². The van der Waals surface area contributed by atoms with Gasteiger partial charge in [0.25, 0.3) is 11.5 Å². The van der Waals surface area contributed by atoms with E-state index in [9.17, 15) is 28.6 Å². The van der Waals surface area contributed by atoms with Crippen molar-refractivity contribution < 1.29 is 24.1 Å². The van der Waals surface area contributed by atoms with E-state index >= 15 is 0 Å². The molecule has 0 bridgehead atoms. The molecular formula is C11H14F2N2O5. The fourth-order valence-corrected chi connectivity index (χ4v) is 2.47. The third-order valence-electron chi connectivity index (χ3n) is 3.62. The molecule has 20 heavy (non-hydrogen) atoms. The Hall–Kier alpha value is -1.58. The summed E-state index contributed by atoms with van der Waals surface area (Å²) in [6, 6.07) is -2.06. The summed E-state index contributed by atoms with van der Waals surface area (Å²) in [6.45, 7) is 0.271. The second-order valence-electron chi connectivity index (χ2n) is 4.87. The Kier molecular flexibility index (Phi) is 3.53. The topological polar surface area (TPSA) is 116 Å². The number of rotatable bonds is 2. The van der Waals surface area contributed by atoms with Crippen LogP contribution >= 0.6 is 0 Å². The molecule has 0 saturated heterocycles. The highest BCUT2D eigenvalue weighted by Crippen LogP contribution is 2.47. The third-order valence-corrected chi connectivity index (χ3v) is 3.62. The van der Waals surface area contributed by atoms with Gasteiger partial charge >= 0.3 is 5.69 Å². The molecule has 7 nitrogen and oxygen atoms in total. The molecule has 4 unspecified atom stereocenters. The number of aromatic nitrogens is 2. The van der Waals surface area contributed by atoms with Crippen molar-refractivity contribution in [3.8, 4) is 0 Å². The van der Waals surface area contributed by atoms with Crippen LogP contribution in [0.1, 0.15) is 11.6 Å². The molecule has 0 spiro atoms. The molecule has 4 atom stereocenters. The molecule has 0 radical (unpaired) electrons. The molecule has 0 amide bonds. The van der Waals surface area contributed by atoms with Crippen LogP contribution in [0.4, 0.5) is 8.78 Å². The molecule has 1 aliphatic carbocycles. The first-order valence-electron chi connectivity index (χ1n) is 5.88. The summed E-state index contributed by atoms with van der Waals surface area (Å²) in [5.41, 5.74) is -1.83. The number of aromatic amines is 1. The summed E-state index contributed by atoms with van der Waals surface area (Å²) < 4.78 is 28.8. The van der Waals surface area contributed by atoms with E-state index in [1.165, 1.54) is 6.92 Å². The minimum absolute atomic E-state index is 0.00883. The maximum absolute atomic E-state index is 14.1. The summed E-state index contributed by atoms with van der Waals surface area (Å²) >= 11 is 0. The van der Waals surface area contributed by atoms with Gasteiger partial charge in [-0.25, -0.2) is 13.6 Å². The number of nitrogens with zero attached hydrogens (tertiary/aromatic N) is 1. The number of H-pyrrole nitrogens is 1. The number of aliphatic hydroxyl groups excluding tert-OH is 3. The average molecular weight is 292 g/mol. The first-order valence-corrected chi connectivity index (χ1v) is 5.88. The van der Waals surface area contributed by atoms with Crippen LogP contribution < -0.4 is 11.2 Å². The summed E-state index contributed by atoms with van der Waals surface area (Å²) in [6.07, 6.45) is -2.92. The van der Waals surface area contributed by atoms with Crippen molar-refractivity contribution in [3.05, 3.63) is 32.6 Å². The van der Waals surface area contributed by atoms with Crippen LogP contribution in [0.5, 0.6) is 0 Å². The summed E-state index contributed by atoms with van der Waals surface area (Å²) in [7, 11) is 0. The monoisotopic (exact) mass is 292 g/mol. The molecule has 0 aliphatic heterocycles. The SMILES string of the molecule is Cc1cn(C2C(O)C(O)C(CO)C2(F)F)c(=O)[nH]c1=O. The molecule has 9 heteroatoms. The smallest absolute Gasteiger partial charge is 0.328 e. The second-order valence-corrected chi connectivity index (χ2v) is 4.87. The molecule has 1 saturated carbocycles. The number of hydrogen-bond acceptors (Lipinski definition) is 5. The van der Waals surface area contributed by atoms with Crippen molar-refractivity contribution in [2.45, 2.75) is 31.1 Å². The van der Waals surface area contributed by atoms with Crippen LogP contribution in [0.15, 0.2) is 15.8 Å². The zero-order valence-electron chi connectivity index (χ0n) is 10.5. The van der Waals surface area contributed by atoms with E-state index in [0.717, 1.165) is 6.20 Å². The summed E-state index contributed by atoms with van der Waals surface area (Å²) in [4.78, 5) is 24.7. The van der Waals surface area contributed by atoms with E-state index in [2.05, 4.69) is 0 Å². The number of halogens is 2. The van der Waals surface area contributed by atoms with Crippen molar-refractivity contribution >= 4 is 0 Å². The Bertz CT molecular complexity index is 626. The highest BCUT2D eigenvalue weighted by Gasteiger charge is 2.63. The molecule has 1 aromatic rings. The van der Waals surface area contributed by atoms with Crippen molar-refractivity contribution in [2.75, 3.05) is 6.61 Å². The van der Waals surface area contributed by atoms with Crippen LogP contribution in [-0.4, -0.2) is 49.6 Å². The van der Waals surface area contributed by atoms with Gasteiger partial charge in [-0.15, -0.1) is 0 Å². The summed E-state index contributed by atoms with van der Waals surface area (Å²) in [5, 5.41) is 28.2. The number of nitrogens with one attached hydrogen (secondary N) is 1. The summed E-state index contributed by atoms with van der Waals surface area (Å²) in [5.74, 6) is -5.59. The predicted octanol–water partition coefficient (Wildman–Crippen LogP) is -1.63. The minimum Gasteiger partial charge on any atom is -0.396 e. The van der Waals surface area contributed by atoms with Gasteiger partial charge in [0.15, 0.2) is 0 Å². The van der Waals surface area contributed by atoms with E-state index in [0.29, 0.717) is 4.57 Å². The highest BCUT2D eigenvalue weighted by atomic mass is 19.3. The molecule has 1 fully saturated rings. The maximum atomic E-state index is 14.1. The predicted molar refractivity (Wildman–Crippen MR) is 62.6 cm³/mol. The Balaban J connectivity index is 2.60. The molecule has 1 heterocycles. The van der Waals surface area contributed by atoms with Gasteiger partial charge < -0.3 is 15.3 Å². The fourth-order valence-electron chi connectivity index (χ4n) is 2.47. The van der Waals surface area contributed by atoms with E-state index in [4.69, 9.17) is 5.11 Å². The highest BCUT2D eigenvalue weighted by molar-refractivity contribution is 5.10. The van der Waals surface area contributed by atoms with Gasteiger partial charge in [-0.3, -0.25) is 14.3 Å². The lowest BCUT2D eigenvalue weighted by Gasteiger charge is -2.25. The number of aryl methyl sites for hydroxylation is 1. The zero-order valence-corrected chi connectivity index (χ0v) is 10.5. The Morgan fingerprint density at radius 1 is 1.35 bits per heavy atom. The normalized spacial score (nSPS) is 32.5. The minimum atomic E-state index is -3.71. The van der Waals surface area contributed by atoms with Gasteiger partial charge in [0.05, 0.1) is 18.6 Å². The quantitative estimate of drug-likeness (QED) is 0.522. The molecule has 112 valence electrons. The molecule has 4 N–H and O–H groups in total. The first kappa shape index (κ1) is 14.8. The lowest BCUT2D eigenvalue weighted by atomic mass is 10.0. The maximum Gasteiger partial charge on any atom is 0.328 e. The zero-order chi connectivity index (χ0) is 15.2. The van der Waals surface area contributed by atoms with Crippen LogP contribution in [0.2, 0.25) is 0 Å². The van der Waals surface area contributed by atoms with Gasteiger partial charge in [-0.2, -0.15) is 0 Å². The molecule has 0 aromatic carbocycles. The van der Waals surface area contributed by atoms with E-state index in [1.807, 2.05) is 4.98 Å². The van der Waals surface area contributed by atoms with Gasteiger partial charge in [0.1, 0.15) is 12.1 Å².